The van der Waals surface area contributed by atoms with E-state index in [4.69, 9.17) is 12.2 Å². The molecule has 0 aliphatic carbocycles. The molecule has 0 spiro atoms. The Morgan fingerprint density at radius 1 is 1.19 bits per heavy atom. The van der Waals surface area contributed by atoms with Crippen LogP contribution in [-0.4, -0.2) is 41.2 Å². The van der Waals surface area contributed by atoms with Crippen LogP contribution in [0.25, 0.3) is 10.9 Å². The van der Waals surface area contributed by atoms with Gasteiger partial charge in [0.2, 0.25) is 0 Å². The van der Waals surface area contributed by atoms with Crippen LogP contribution in [-0.2, 0) is 0 Å². The molecule has 2 aromatic rings. The number of likely N-dealkylation sites (tertiary alicyclic amines) is 1. The Morgan fingerprint density at radius 3 is 2.74 bits per heavy atom. The molecule has 1 fully saturated rings. The lowest BCUT2D eigenvalue weighted by Gasteiger charge is -2.32. The minimum absolute atomic E-state index is 0.654. The molecular weight excluding hydrogens is 352 g/mol. The second kappa shape index (κ2) is 10.1. The monoisotopic (exact) mass is 386 g/mol. The average Bonchev–Trinajstić information content (AvgIpc) is 3.10. The van der Waals surface area contributed by atoms with Crippen molar-refractivity contribution in [1.82, 2.24) is 15.2 Å². The summed E-state index contributed by atoms with van der Waals surface area (Å²) in [6, 6.07) is 6.50. The quantitative estimate of drug-likeness (QED) is 0.429. The number of thiocarbonyl (C=S) groups is 1. The number of piperidine rings is 1. The maximum absolute atomic E-state index is 5.38. The molecule has 1 aliphatic rings. The Bertz CT molecular complexity index is 731. The first-order chi connectivity index (χ1) is 13.2. The molecule has 1 aromatic heterocycles. The van der Waals surface area contributed by atoms with Gasteiger partial charge in [0.25, 0.3) is 0 Å². The number of hydrogen-bond acceptors (Lipinski definition) is 2. The zero-order chi connectivity index (χ0) is 19.1. The standard InChI is InChI=1S/C22H34N4S/c1-3-5-6-12-26-13-9-17(10-14-26)20-16-24-21-8-7-18(15-19(20)21)25-22(27)23-11-4-2/h7-8,15-17,24H,3-6,9-14H2,1-2H3,(H2,23,25,27). The Balaban J connectivity index is 1.63. The number of rotatable bonds is 8. The first-order valence-corrected chi connectivity index (χ1v) is 11.0. The summed E-state index contributed by atoms with van der Waals surface area (Å²) < 4.78 is 0. The summed E-state index contributed by atoms with van der Waals surface area (Å²) in [7, 11) is 0. The van der Waals surface area contributed by atoms with Gasteiger partial charge in [-0.25, -0.2) is 0 Å². The van der Waals surface area contributed by atoms with Crippen LogP contribution in [0, 0.1) is 0 Å². The molecule has 0 saturated carbocycles. The van der Waals surface area contributed by atoms with Gasteiger partial charge in [0.1, 0.15) is 0 Å². The normalized spacial score (nSPS) is 15.9. The molecule has 1 aromatic carbocycles. The van der Waals surface area contributed by atoms with Gasteiger partial charge >= 0.3 is 0 Å². The van der Waals surface area contributed by atoms with E-state index in [1.807, 2.05) is 0 Å². The minimum Gasteiger partial charge on any atom is -0.362 e. The molecule has 5 heteroatoms. The fourth-order valence-corrected chi connectivity index (χ4v) is 4.24. The summed E-state index contributed by atoms with van der Waals surface area (Å²) in [4.78, 5) is 6.11. The van der Waals surface area contributed by atoms with Crippen molar-refractivity contribution in [2.24, 2.45) is 0 Å². The number of aromatic nitrogens is 1. The molecule has 0 amide bonds. The van der Waals surface area contributed by atoms with E-state index in [1.165, 1.54) is 68.2 Å². The van der Waals surface area contributed by atoms with Crippen molar-refractivity contribution in [3.8, 4) is 0 Å². The number of nitrogens with zero attached hydrogens (tertiary/aromatic N) is 1. The van der Waals surface area contributed by atoms with E-state index in [2.05, 4.69) is 58.8 Å². The molecular formula is C22H34N4S. The van der Waals surface area contributed by atoms with Crippen LogP contribution >= 0.6 is 12.2 Å². The van der Waals surface area contributed by atoms with Crippen molar-refractivity contribution in [3.63, 3.8) is 0 Å². The zero-order valence-electron chi connectivity index (χ0n) is 16.8. The Kier molecular flexibility index (Phi) is 7.53. The topological polar surface area (TPSA) is 43.1 Å². The van der Waals surface area contributed by atoms with Gasteiger partial charge in [-0.05, 0) is 87.2 Å². The zero-order valence-corrected chi connectivity index (χ0v) is 17.6. The fraction of sp³-hybridized carbons (Fsp3) is 0.591. The Hall–Kier alpha value is -1.59. The van der Waals surface area contributed by atoms with Gasteiger partial charge in [-0.2, -0.15) is 0 Å². The van der Waals surface area contributed by atoms with Gasteiger partial charge in [-0.1, -0.05) is 26.7 Å². The minimum atomic E-state index is 0.654. The number of aromatic amines is 1. The largest absolute Gasteiger partial charge is 0.362 e. The smallest absolute Gasteiger partial charge is 0.170 e. The lowest BCUT2D eigenvalue weighted by Crippen LogP contribution is -2.33. The van der Waals surface area contributed by atoms with E-state index in [0.717, 1.165) is 18.7 Å². The van der Waals surface area contributed by atoms with E-state index in [-0.39, 0.29) is 0 Å². The molecule has 2 heterocycles. The number of benzene rings is 1. The summed E-state index contributed by atoms with van der Waals surface area (Å²) in [5.41, 5.74) is 3.75. The summed E-state index contributed by atoms with van der Waals surface area (Å²) >= 11 is 5.38. The van der Waals surface area contributed by atoms with Gasteiger partial charge in [0, 0.05) is 29.3 Å². The molecule has 27 heavy (non-hydrogen) atoms. The summed E-state index contributed by atoms with van der Waals surface area (Å²) in [6.45, 7) is 9.04. The van der Waals surface area contributed by atoms with Crippen LogP contribution in [0.1, 0.15) is 63.9 Å². The lowest BCUT2D eigenvalue weighted by molar-refractivity contribution is 0.209. The van der Waals surface area contributed by atoms with E-state index in [9.17, 15) is 0 Å². The van der Waals surface area contributed by atoms with E-state index < -0.39 is 0 Å². The predicted molar refractivity (Wildman–Crippen MR) is 121 cm³/mol. The third kappa shape index (κ3) is 5.45. The first kappa shape index (κ1) is 20.2. The number of nitrogens with one attached hydrogen (secondary N) is 3. The SMILES string of the molecule is CCCCCN1CCC(c2c[nH]c3ccc(NC(=S)NCCC)cc23)CC1. The molecule has 1 saturated heterocycles. The second-order valence-corrected chi connectivity index (χ2v) is 8.12. The van der Waals surface area contributed by atoms with Gasteiger partial charge in [-0.15, -0.1) is 0 Å². The first-order valence-electron chi connectivity index (χ1n) is 10.6. The number of unbranched alkanes of at least 4 members (excludes halogenated alkanes) is 2. The maximum atomic E-state index is 5.38. The number of H-pyrrole nitrogens is 1. The third-order valence-corrected chi connectivity index (χ3v) is 5.86. The van der Waals surface area contributed by atoms with E-state index in [1.54, 1.807) is 0 Å². The molecule has 1 aliphatic heterocycles. The Morgan fingerprint density at radius 2 is 2.00 bits per heavy atom. The van der Waals surface area contributed by atoms with Crippen molar-refractivity contribution in [2.75, 3.05) is 31.5 Å². The summed E-state index contributed by atoms with van der Waals surface area (Å²) in [5.74, 6) is 0.654. The van der Waals surface area contributed by atoms with Crippen LogP contribution in [0.2, 0.25) is 0 Å². The molecule has 0 atom stereocenters. The van der Waals surface area contributed by atoms with Crippen LogP contribution in [0.15, 0.2) is 24.4 Å². The van der Waals surface area contributed by atoms with Crippen LogP contribution in [0.5, 0.6) is 0 Å². The lowest BCUT2D eigenvalue weighted by atomic mass is 9.89. The third-order valence-electron chi connectivity index (χ3n) is 5.61. The van der Waals surface area contributed by atoms with Crippen LogP contribution in [0.3, 0.4) is 0 Å². The molecule has 148 valence electrons. The molecule has 0 unspecified atom stereocenters. The number of anilines is 1. The summed E-state index contributed by atoms with van der Waals surface area (Å²) in [6.07, 6.45) is 9.81. The number of fused-ring (bicyclic) bond motifs is 1. The van der Waals surface area contributed by atoms with E-state index >= 15 is 0 Å². The van der Waals surface area contributed by atoms with Crippen LogP contribution < -0.4 is 10.6 Å². The number of hydrogen-bond donors (Lipinski definition) is 3. The fourth-order valence-electron chi connectivity index (χ4n) is 4.02. The molecule has 3 N–H and O–H groups in total. The average molecular weight is 387 g/mol. The molecule has 0 bridgehead atoms. The van der Waals surface area contributed by atoms with E-state index in [0.29, 0.717) is 11.0 Å². The van der Waals surface area contributed by atoms with Crippen molar-refractivity contribution in [3.05, 3.63) is 30.0 Å². The van der Waals surface area contributed by atoms with Gasteiger partial charge < -0.3 is 20.5 Å². The van der Waals surface area contributed by atoms with Gasteiger partial charge in [0.15, 0.2) is 5.11 Å². The highest BCUT2D eigenvalue weighted by atomic mass is 32.1. The highest BCUT2D eigenvalue weighted by molar-refractivity contribution is 7.80. The predicted octanol–water partition coefficient (Wildman–Crippen LogP) is 5.23. The highest BCUT2D eigenvalue weighted by Crippen LogP contribution is 2.34. The van der Waals surface area contributed by atoms with Crippen molar-refractivity contribution < 1.29 is 0 Å². The van der Waals surface area contributed by atoms with Gasteiger partial charge in [-0.3, -0.25) is 0 Å². The van der Waals surface area contributed by atoms with Crippen molar-refractivity contribution >= 4 is 33.9 Å². The molecule has 3 rings (SSSR count). The maximum Gasteiger partial charge on any atom is 0.170 e. The molecule has 0 radical (unpaired) electrons. The van der Waals surface area contributed by atoms with Crippen LogP contribution in [0.4, 0.5) is 5.69 Å². The van der Waals surface area contributed by atoms with Crippen molar-refractivity contribution in [1.29, 1.82) is 0 Å². The molecule has 4 nitrogen and oxygen atoms in total. The summed E-state index contributed by atoms with van der Waals surface area (Å²) in [5, 5.41) is 8.59. The Labute approximate surface area is 169 Å². The van der Waals surface area contributed by atoms with Crippen molar-refractivity contribution in [2.45, 2.75) is 58.3 Å². The highest BCUT2D eigenvalue weighted by Gasteiger charge is 2.22. The van der Waals surface area contributed by atoms with Gasteiger partial charge in [0.05, 0.1) is 0 Å². The second-order valence-electron chi connectivity index (χ2n) is 7.71.